The predicted molar refractivity (Wildman–Crippen MR) is 75.9 cm³/mol. The Bertz CT molecular complexity index is 506. The maximum Gasteiger partial charge on any atom is 0.326 e. The molecule has 0 aromatic heterocycles. The van der Waals surface area contributed by atoms with Crippen LogP contribution in [0.3, 0.4) is 0 Å². The number of hydrogen-bond acceptors (Lipinski definition) is 2. The van der Waals surface area contributed by atoms with E-state index in [-0.39, 0.29) is 5.91 Å². The molecule has 1 aromatic carbocycles. The van der Waals surface area contributed by atoms with Crippen LogP contribution in [0.15, 0.2) is 18.2 Å². The lowest BCUT2D eigenvalue weighted by molar-refractivity contribution is -0.141. The maximum atomic E-state index is 12.3. The molecule has 0 unspecified atom stereocenters. The molecule has 6 heteroatoms. The predicted octanol–water partition coefficient (Wildman–Crippen LogP) is 2.63. The second-order valence-electron chi connectivity index (χ2n) is 4.12. The largest absolute Gasteiger partial charge is 0.480 e. The number of likely N-dealkylation sites (tertiary alicyclic amines) is 1. The van der Waals surface area contributed by atoms with Gasteiger partial charge in [-0.2, -0.15) is 0 Å². The summed E-state index contributed by atoms with van der Waals surface area (Å²) in [6.07, 6.45) is 1.22. The lowest BCUT2D eigenvalue weighted by Crippen LogP contribution is -2.40. The zero-order valence-electron chi connectivity index (χ0n) is 9.40. The van der Waals surface area contributed by atoms with Crippen molar-refractivity contribution in [3.63, 3.8) is 0 Å². The molecule has 0 radical (unpaired) electrons. The monoisotopic (exact) mass is 379 g/mol. The van der Waals surface area contributed by atoms with Crippen LogP contribution in [0.4, 0.5) is 0 Å². The Morgan fingerprint density at radius 3 is 2.78 bits per heavy atom. The second-order valence-corrected chi connectivity index (χ2v) is 5.77. The summed E-state index contributed by atoms with van der Waals surface area (Å²) in [5.74, 6) is -1.26. The Kier molecular flexibility index (Phi) is 4.11. The number of aliphatic carboxylic acids is 1. The molecule has 1 aliphatic rings. The number of halogens is 2. The van der Waals surface area contributed by atoms with Gasteiger partial charge in [-0.25, -0.2) is 4.79 Å². The summed E-state index contributed by atoms with van der Waals surface area (Å²) in [6, 6.07) is 4.39. The summed E-state index contributed by atoms with van der Waals surface area (Å²) >= 11 is 8.14. The first-order valence-electron chi connectivity index (χ1n) is 5.49. The minimum atomic E-state index is -0.956. The molecule has 1 heterocycles. The highest BCUT2D eigenvalue weighted by Crippen LogP contribution is 2.25. The number of rotatable bonds is 2. The van der Waals surface area contributed by atoms with Gasteiger partial charge in [0.15, 0.2) is 0 Å². The molecular weight excluding hydrogens is 368 g/mol. The molecule has 4 nitrogen and oxygen atoms in total. The topological polar surface area (TPSA) is 57.6 Å². The van der Waals surface area contributed by atoms with Crippen molar-refractivity contribution in [3.05, 3.63) is 32.4 Å². The molecule has 2 rings (SSSR count). The van der Waals surface area contributed by atoms with Crippen LogP contribution in [-0.4, -0.2) is 34.5 Å². The minimum absolute atomic E-state index is 0.304. The fraction of sp³-hybridized carbons (Fsp3) is 0.333. The smallest absolute Gasteiger partial charge is 0.326 e. The summed E-state index contributed by atoms with van der Waals surface area (Å²) in [7, 11) is 0. The van der Waals surface area contributed by atoms with Crippen LogP contribution in [0.2, 0.25) is 5.02 Å². The van der Waals surface area contributed by atoms with Crippen LogP contribution in [0.25, 0.3) is 0 Å². The zero-order valence-corrected chi connectivity index (χ0v) is 12.3. The summed E-state index contributed by atoms with van der Waals surface area (Å²) in [5, 5.41) is 9.43. The van der Waals surface area contributed by atoms with E-state index in [0.717, 1.165) is 3.57 Å². The van der Waals surface area contributed by atoms with E-state index in [1.165, 1.54) is 4.90 Å². The SMILES string of the molecule is O=C(O)[C@@H]1CCCN1C(=O)c1ccc(I)cc1Cl. The van der Waals surface area contributed by atoms with Gasteiger partial charge in [-0.3, -0.25) is 4.79 Å². The molecule has 1 aliphatic heterocycles. The molecule has 1 N–H and O–H groups in total. The molecule has 0 saturated carbocycles. The molecule has 0 aliphatic carbocycles. The number of benzene rings is 1. The maximum absolute atomic E-state index is 12.3. The van der Waals surface area contributed by atoms with Gasteiger partial charge in [-0.15, -0.1) is 0 Å². The fourth-order valence-electron chi connectivity index (χ4n) is 2.08. The standard InChI is InChI=1S/C12H11ClINO3/c13-9-6-7(14)3-4-8(9)11(16)15-5-1-2-10(15)12(17)18/h3-4,6,10H,1-2,5H2,(H,17,18)/t10-/m0/s1. The van der Waals surface area contributed by atoms with E-state index in [0.29, 0.717) is 30.0 Å². The molecule has 96 valence electrons. The second kappa shape index (κ2) is 5.44. The Hall–Kier alpha value is -0.820. The highest BCUT2D eigenvalue weighted by molar-refractivity contribution is 14.1. The first-order valence-corrected chi connectivity index (χ1v) is 6.95. The van der Waals surface area contributed by atoms with Gasteiger partial charge in [-0.1, -0.05) is 11.6 Å². The fourth-order valence-corrected chi connectivity index (χ4v) is 3.02. The van der Waals surface area contributed by atoms with Crippen molar-refractivity contribution in [1.29, 1.82) is 0 Å². The first-order chi connectivity index (χ1) is 8.50. The van der Waals surface area contributed by atoms with E-state index in [1.54, 1.807) is 18.2 Å². The van der Waals surface area contributed by atoms with Crippen molar-refractivity contribution in [2.45, 2.75) is 18.9 Å². The molecule has 1 aromatic rings. The molecule has 1 fully saturated rings. The van der Waals surface area contributed by atoms with Gasteiger partial charge in [0.05, 0.1) is 10.6 Å². The summed E-state index contributed by atoms with van der Waals surface area (Å²) in [4.78, 5) is 24.7. The van der Waals surface area contributed by atoms with E-state index in [1.807, 2.05) is 0 Å². The highest BCUT2D eigenvalue weighted by Gasteiger charge is 2.34. The Labute approximate surface area is 123 Å². The van der Waals surface area contributed by atoms with Crippen molar-refractivity contribution in [2.75, 3.05) is 6.54 Å². The molecule has 1 atom stereocenters. The summed E-state index contributed by atoms with van der Waals surface area (Å²) in [5.41, 5.74) is 0.366. The van der Waals surface area contributed by atoms with Gasteiger partial charge in [0.2, 0.25) is 0 Å². The van der Waals surface area contributed by atoms with Crippen LogP contribution in [0.5, 0.6) is 0 Å². The van der Waals surface area contributed by atoms with E-state index in [2.05, 4.69) is 22.6 Å². The van der Waals surface area contributed by atoms with Crippen LogP contribution in [0.1, 0.15) is 23.2 Å². The Morgan fingerprint density at radius 1 is 1.44 bits per heavy atom. The lowest BCUT2D eigenvalue weighted by atomic mass is 10.1. The van der Waals surface area contributed by atoms with Gasteiger partial charge in [0.25, 0.3) is 5.91 Å². The quantitative estimate of drug-likeness (QED) is 0.804. The van der Waals surface area contributed by atoms with Gasteiger partial charge in [0.1, 0.15) is 6.04 Å². The van der Waals surface area contributed by atoms with Crippen molar-refractivity contribution < 1.29 is 14.7 Å². The van der Waals surface area contributed by atoms with E-state index < -0.39 is 12.0 Å². The minimum Gasteiger partial charge on any atom is -0.480 e. The lowest BCUT2D eigenvalue weighted by Gasteiger charge is -2.21. The molecule has 0 bridgehead atoms. The van der Waals surface area contributed by atoms with E-state index in [4.69, 9.17) is 16.7 Å². The van der Waals surface area contributed by atoms with E-state index in [9.17, 15) is 9.59 Å². The number of carboxylic acids is 1. The number of carbonyl (C=O) groups excluding carboxylic acids is 1. The van der Waals surface area contributed by atoms with Gasteiger partial charge >= 0.3 is 5.97 Å². The Balaban J connectivity index is 2.28. The number of hydrogen-bond donors (Lipinski definition) is 1. The molecule has 1 saturated heterocycles. The van der Waals surface area contributed by atoms with Crippen LogP contribution < -0.4 is 0 Å². The van der Waals surface area contributed by atoms with Crippen LogP contribution in [-0.2, 0) is 4.79 Å². The first kappa shape index (κ1) is 13.6. The van der Waals surface area contributed by atoms with E-state index >= 15 is 0 Å². The average molecular weight is 380 g/mol. The number of nitrogens with zero attached hydrogens (tertiary/aromatic N) is 1. The summed E-state index contributed by atoms with van der Waals surface area (Å²) in [6.45, 7) is 0.470. The third-order valence-electron chi connectivity index (χ3n) is 2.96. The molecular formula is C12H11ClINO3. The number of amides is 1. The molecule has 18 heavy (non-hydrogen) atoms. The van der Waals surface area contributed by atoms with Gasteiger partial charge < -0.3 is 10.0 Å². The normalized spacial score (nSPS) is 19.0. The zero-order chi connectivity index (χ0) is 13.3. The van der Waals surface area contributed by atoms with Crippen molar-refractivity contribution in [2.24, 2.45) is 0 Å². The third-order valence-corrected chi connectivity index (χ3v) is 3.94. The van der Waals surface area contributed by atoms with Gasteiger partial charge in [-0.05, 0) is 53.6 Å². The molecule has 1 amide bonds. The third kappa shape index (κ3) is 2.61. The van der Waals surface area contributed by atoms with Crippen molar-refractivity contribution in [1.82, 2.24) is 4.90 Å². The van der Waals surface area contributed by atoms with Crippen LogP contribution in [0, 0.1) is 3.57 Å². The van der Waals surface area contributed by atoms with Gasteiger partial charge in [0, 0.05) is 10.1 Å². The Morgan fingerprint density at radius 2 is 2.17 bits per heavy atom. The summed E-state index contributed by atoms with van der Waals surface area (Å²) < 4.78 is 0.936. The number of carboxylic acid groups (broad SMARTS) is 1. The highest BCUT2D eigenvalue weighted by atomic mass is 127. The van der Waals surface area contributed by atoms with Crippen LogP contribution >= 0.6 is 34.2 Å². The molecule has 0 spiro atoms. The van der Waals surface area contributed by atoms with Crippen molar-refractivity contribution in [3.8, 4) is 0 Å². The average Bonchev–Trinajstić information content (AvgIpc) is 2.77. The van der Waals surface area contributed by atoms with Crippen molar-refractivity contribution >= 4 is 46.1 Å². The number of carbonyl (C=O) groups is 2.